The molecule has 1 unspecified atom stereocenters. The summed E-state index contributed by atoms with van der Waals surface area (Å²) in [7, 11) is 0. The molecule has 2 amide bonds. The molecule has 4 rings (SSSR count). The zero-order chi connectivity index (χ0) is 24.5. The fourth-order valence-electron chi connectivity index (χ4n) is 4.48. The summed E-state index contributed by atoms with van der Waals surface area (Å²) in [5.74, 6) is -0.449. The molecular formula is C29H31FN2O3. The third-order valence-corrected chi connectivity index (χ3v) is 6.38. The molecule has 1 fully saturated rings. The molecule has 35 heavy (non-hydrogen) atoms. The Morgan fingerprint density at radius 2 is 1.54 bits per heavy atom. The van der Waals surface area contributed by atoms with Crippen LogP contribution in [-0.4, -0.2) is 35.4 Å². The predicted molar refractivity (Wildman–Crippen MR) is 133 cm³/mol. The van der Waals surface area contributed by atoms with E-state index in [1.54, 1.807) is 30.3 Å². The van der Waals surface area contributed by atoms with Crippen molar-refractivity contribution >= 4 is 11.8 Å². The van der Waals surface area contributed by atoms with Crippen molar-refractivity contribution in [3.63, 3.8) is 0 Å². The number of carbonyl (C=O) groups excluding carboxylic acids is 2. The van der Waals surface area contributed by atoms with E-state index in [-0.39, 0.29) is 31.0 Å². The molecule has 1 aliphatic carbocycles. The first kappa shape index (κ1) is 24.5. The van der Waals surface area contributed by atoms with Gasteiger partial charge in [-0.3, -0.25) is 9.59 Å². The molecule has 3 aromatic carbocycles. The Kier molecular flexibility index (Phi) is 8.49. The van der Waals surface area contributed by atoms with Gasteiger partial charge in [0.1, 0.15) is 17.6 Å². The highest BCUT2D eigenvalue weighted by Gasteiger charge is 2.32. The van der Waals surface area contributed by atoms with E-state index in [1.807, 2.05) is 48.5 Å². The minimum absolute atomic E-state index is 0.0285. The molecule has 182 valence electrons. The SMILES string of the molecule is O=C(NC1CCCC1)C(Cc1ccccc1)N(Cc1ccccc1F)C(=O)COc1ccccc1. The summed E-state index contributed by atoms with van der Waals surface area (Å²) >= 11 is 0. The van der Waals surface area contributed by atoms with E-state index in [0.29, 0.717) is 17.7 Å². The van der Waals surface area contributed by atoms with Gasteiger partial charge in [-0.25, -0.2) is 4.39 Å². The minimum Gasteiger partial charge on any atom is -0.484 e. The van der Waals surface area contributed by atoms with Crippen LogP contribution >= 0.6 is 0 Å². The van der Waals surface area contributed by atoms with E-state index >= 15 is 0 Å². The van der Waals surface area contributed by atoms with Crippen LogP contribution in [-0.2, 0) is 22.6 Å². The Morgan fingerprint density at radius 1 is 0.914 bits per heavy atom. The van der Waals surface area contributed by atoms with E-state index < -0.39 is 11.9 Å². The number of nitrogens with one attached hydrogen (secondary N) is 1. The van der Waals surface area contributed by atoms with Crippen LogP contribution in [0, 0.1) is 5.82 Å². The fourth-order valence-corrected chi connectivity index (χ4v) is 4.48. The van der Waals surface area contributed by atoms with Crippen LogP contribution in [0.25, 0.3) is 0 Å². The van der Waals surface area contributed by atoms with Gasteiger partial charge in [0.05, 0.1) is 0 Å². The maximum atomic E-state index is 14.6. The minimum atomic E-state index is -0.801. The van der Waals surface area contributed by atoms with Gasteiger partial charge in [0, 0.05) is 24.6 Å². The van der Waals surface area contributed by atoms with Crippen LogP contribution < -0.4 is 10.1 Å². The number of ether oxygens (including phenoxy) is 1. The number of amides is 2. The molecule has 0 aromatic heterocycles. The van der Waals surface area contributed by atoms with Crippen LogP contribution in [0.3, 0.4) is 0 Å². The van der Waals surface area contributed by atoms with Gasteiger partial charge in [-0.1, -0.05) is 79.6 Å². The van der Waals surface area contributed by atoms with Gasteiger partial charge in [-0.15, -0.1) is 0 Å². The number of carbonyl (C=O) groups is 2. The highest BCUT2D eigenvalue weighted by atomic mass is 19.1. The first-order valence-corrected chi connectivity index (χ1v) is 12.1. The highest BCUT2D eigenvalue weighted by Crippen LogP contribution is 2.21. The van der Waals surface area contributed by atoms with Crippen LogP contribution in [0.4, 0.5) is 4.39 Å². The van der Waals surface area contributed by atoms with Crippen LogP contribution in [0.15, 0.2) is 84.9 Å². The largest absolute Gasteiger partial charge is 0.484 e. The zero-order valence-electron chi connectivity index (χ0n) is 19.7. The lowest BCUT2D eigenvalue weighted by Crippen LogP contribution is -2.53. The molecule has 0 radical (unpaired) electrons. The van der Waals surface area contributed by atoms with E-state index in [0.717, 1.165) is 31.2 Å². The topological polar surface area (TPSA) is 58.6 Å². The molecular weight excluding hydrogens is 443 g/mol. The number of para-hydroxylation sites is 1. The molecule has 1 N–H and O–H groups in total. The second kappa shape index (κ2) is 12.2. The molecule has 0 spiro atoms. The second-order valence-corrected chi connectivity index (χ2v) is 8.91. The van der Waals surface area contributed by atoms with Crippen molar-refractivity contribution in [2.75, 3.05) is 6.61 Å². The maximum absolute atomic E-state index is 14.6. The Hall–Kier alpha value is -3.67. The molecule has 0 saturated heterocycles. The van der Waals surface area contributed by atoms with E-state index in [1.165, 1.54) is 11.0 Å². The Balaban J connectivity index is 1.61. The molecule has 1 atom stereocenters. The van der Waals surface area contributed by atoms with Gasteiger partial charge in [-0.2, -0.15) is 0 Å². The number of halogens is 1. The zero-order valence-corrected chi connectivity index (χ0v) is 19.7. The van der Waals surface area contributed by atoms with E-state index in [2.05, 4.69) is 5.32 Å². The van der Waals surface area contributed by atoms with Gasteiger partial charge in [-0.05, 0) is 36.6 Å². The molecule has 1 aliphatic rings. The Labute approximate surface area is 205 Å². The molecule has 3 aromatic rings. The van der Waals surface area contributed by atoms with E-state index in [9.17, 15) is 14.0 Å². The lowest BCUT2D eigenvalue weighted by molar-refractivity contribution is -0.143. The highest BCUT2D eigenvalue weighted by molar-refractivity contribution is 5.88. The summed E-state index contributed by atoms with van der Waals surface area (Å²) in [6.45, 7) is -0.278. The van der Waals surface area contributed by atoms with Crippen LogP contribution in [0.2, 0.25) is 0 Å². The molecule has 1 saturated carbocycles. The number of nitrogens with zero attached hydrogens (tertiary/aromatic N) is 1. The number of hydrogen-bond acceptors (Lipinski definition) is 3. The average molecular weight is 475 g/mol. The van der Waals surface area contributed by atoms with Crippen LogP contribution in [0.1, 0.15) is 36.8 Å². The molecule has 0 heterocycles. The van der Waals surface area contributed by atoms with Crippen molar-refractivity contribution in [1.29, 1.82) is 0 Å². The lowest BCUT2D eigenvalue weighted by atomic mass is 10.0. The molecule has 0 bridgehead atoms. The van der Waals surface area contributed by atoms with Crippen LogP contribution in [0.5, 0.6) is 5.75 Å². The van der Waals surface area contributed by atoms with Crippen molar-refractivity contribution in [2.24, 2.45) is 0 Å². The first-order chi connectivity index (χ1) is 17.1. The first-order valence-electron chi connectivity index (χ1n) is 12.1. The van der Waals surface area contributed by atoms with Crippen molar-refractivity contribution in [3.8, 4) is 5.75 Å². The Morgan fingerprint density at radius 3 is 2.23 bits per heavy atom. The van der Waals surface area contributed by atoms with Gasteiger partial charge < -0.3 is 15.0 Å². The fraction of sp³-hybridized carbons (Fsp3) is 0.310. The predicted octanol–water partition coefficient (Wildman–Crippen LogP) is 4.90. The number of benzene rings is 3. The van der Waals surface area contributed by atoms with Crippen molar-refractivity contribution in [2.45, 2.75) is 50.7 Å². The van der Waals surface area contributed by atoms with Crippen molar-refractivity contribution in [1.82, 2.24) is 10.2 Å². The maximum Gasteiger partial charge on any atom is 0.261 e. The van der Waals surface area contributed by atoms with Crippen molar-refractivity contribution < 1.29 is 18.7 Å². The Bertz CT molecular complexity index is 1100. The van der Waals surface area contributed by atoms with Gasteiger partial charge in [0.25, 0.3) is 5.91 Å². The smallest absolute Gasteiger partial charge is 0.261 e. The quantitative estimate of drug-likeness (QED) is 0.455. The summed E-state index contributed by atoms with van der Waals surface area (Å²) in [5.41, 5.74) is 1.28. The second-order valence-electron chi connectivity index (χ2n) is 8.91. The summed E-state index contributed by atoms with van der Waals surface area (Å²) in [5, 5.41) is 3.14. The standard InChI is InChI=1S/C29H31FN2O3/c30-26-18-10-7-13-23(26)20-32(28(33)21-35-25-16-5-2-6-17-25)27(19-22-11-3-1-4-12-22)29(34)31-24-14-8-9-15-24/h1-7,10-13,16-18,24,27H,8-9,14-15,19-21H2,(H,31,34). The van der Waals surface area contributed by atoms with Gasteiger partial charge in [0.2, 0.25) is 5.91 Å². The third-order valence-electron chi connectivity index (χ3n) is 6.38. The third kappa shape index (κ3) is 6.92. The summed E-state index contributed by atoms with van der Waals surface area (Å²) in [6, 6.07) is 24.3. The number of hydrogen-bond donors (Lipinski definition) is 1. The van der Waals surface area contributed by atoms with Crippen molar-refractivity contribution in [3.05, 3.63) is 102 Å². The summed E-state index contributed by atoms with van der Waals surface area (Å²) in [6.07, 6.45) is 4.35. The van der Waals surface area contributed by atoms with E-state index in [4.69, 9.17) is 4.74 Å². The molecule has 5 nitrogen and oxygen atoms in total. The normalized spacial score (nSPS) is 14.3. The lowest BCUT2D eigenvalue weighted by Gasteiger charge is -2.32. The summed E-state index contributed by atoms with van der Waals surface area (Å²) in [4.78, 5) is 28.5. The van der Waals surface area contributed by atoms with Gasteiger partial charge >= 0.3 is 0 Å². The van der Waals surface area contributed by atoms with Gasteiger partial charge in [0.15, 0.2) is 6.61 Å². The summed E-state index contributed by atoms with van der Waals surface area (Å²) < 4.78 is 20.3. The molecule has 6 heteroatoms. The molecule has 0 aliphatic heterocycles. The average Bonchev–Trinajstić information content (AvgIpc) is 3.40. The number of rotatable bonds is 10. The monoisotopic (exact) mass is 474 g/mol.